The van der Waals surface area contributed by atoms with Crippen molar-refractivity contribution < 1.29 is 14.0 Å². The molecule has 0 aliphatic rings. The van der Waals surface area contributed by atoms with Crippen LogP contribution in [0, 0.1) is 0 Å². The molecule has 0 bridgehead atoms. The van der Waals surface area contributed by atoms with Crippen molar-refractivity contribution in [2.45, 2.75) is 6.54 Å². The van der Waals surface area contributed by atoms with Crippen LogP contribution < -0.4 is 16.0 Å². The Hall–Kier alpha value is -3.06. The highest BCUT2D eigenvalue weighted by molar-refractivity contribution is 9.10. The number of benzene rings is 2. The Bertz CT molecular complexity index is 926. The molecule has 1 aromatic heterocycles. The van der Waals surface area contributed by atoms with Crippen LogP contribution in [0.15, 0.2) is 75.8 Å². The largest absolute Gasteiger partial charge is 0.467 e. The lowest BCUT2D eigenvalue weighted by Gasteiger charge is -2.10. The molecule has 0 aliphatic heterocycles. The van der Waals surface area contributed by atoms with Gasteiger partial charge >= 0.3 is 0 Å². The summed E-state index contributed by atoms with van der Waals surface area (Å²) in [5.41, 5.74) is 1.89. The molecule has 1 heterocycles. The molecule has 27 heavy (non-hydrogen) atoms. The first kappa shape index (κ1) is 18.7. The maximum absolute atomic E-state index is 12.2. The molecule has 138 valence electrons. The van der Waals surface area contributed by atoms with Gasteiger partial charge in [0.05, 0.1) is 25.0 Å². The van der Waals surface area contributed by atoms with Crippen LogP contribution in [-0.4, -0.2) is 18.4 Å². The lowest BCUT2D eigenvalue weighted by Crippen LogP contribution is -2.23. The number of carbonyl (C=O) groups excluding carboxylic acids is 2. The molecule has 0 unspecified atom stereocenters. The second-order valence-electron chi connectivity index (χ2n) is 5.72. The van der Waals surface area contributed by atoms with E-state index < -0.39 is 0 Å². The van der Waals surface area contributed by atoms with Gasteiger partial charge in [-0.15, -0.1) is 0 Å². The summed E-state index contributed by atoms with van der Waals surface area (Å²) in [4.78, 5) is 24.4. The van der Waals surface area contributed by atoms with Gasteiger partial charge in [-0.05, 0) is 58.4 Å². The molecule has 2 amide bonds. The van der Waals surface area contributed by atoms with Gasteiger partial charge in [0.15, 0.2) is 0 Å². The van der Waals surface area contributed by atoms with Crippen molar-refractivity contribution >= 4 is 39.1 Å². The van der Waals surface area contributed by atoms with Crippen molar-refractivity contribution in [1.82, 2.24) is 5.32 Å². The fraction of sp³-hybridized carbons (Fsp3) is 0.100. The summed E-state index contributed by atoms with van der Waals surface area (Å²) >= 11 is 3.39. The van der Waals surface area contributed by atoms with Gasteiger partial charge in [-0.1, -0.05) is 18.2 Å². The molecule has 3 N–H and O–H groups in total. The Kier molecular flexibility index (Phi) is 6.27. The number of hydrogen-bond donors (Lipinski definition) is 3. The second-order valence-corrected chi connectivity index (χ2v) is 6.58. The van der Waals surface area contributed by atoms with Crippen molar-refractivity contribution in [2.75, 3.05) is 17.2 Å². The third-order valence-corrected chi connectivity index (χ3v) is 4.42. The smallest absolute Gasteiger partial charge is 0.251 e. The highest BCUT2D eigenvalue weighted by Crippen LogP contribution is 2.21. The number of furan rings is 1. The minimum atomic E-state index is -0.215. The summed E-state index contributed by atoms with van der Waals surface area (Å²) in [7, 11) is 0. The molecule has 0 saturated heterocycles. The zero-order valence-corrected chi connectivity index (χ0v) is 16.0. The van der Waals surface area contributed by atoms with Gasteiger partial charge in [-0.2, -0.15) is 0 Å². The lowest BCUT2D eigenvalue weighted by atomic mass is 10.2. The normalized spacial score (nSPS) is 10.3. The number of nitrogens with one attached hydrogen (secondary N) is 3. The van der Waals surface area contributed by atoms with Gasteiger partial charge in [0.1, 0.15) is 5.76 Å². The van der Waals surface area contributed by atoms with Crippen LogP contribution in [0.3, 0.4) is 0 Å². The van der Waals surface area contributed by atoms with Crippen molar-refractivity contribution in [3.63, 3.8) is 0 Å². The van der Waals surface area contributed by atoms with Gasteiger partial charge in [-0.25, -0.2) is 0 Å². The highest BCUT2D eigenvalue weighted by atomic mass is 79.9. The summed E-state index contributed by atoms with van der Waals surface area (Å²) in [5, 5.41) is 8.63. The molecule has 2 aromatic carbocycles. The van der Waals surface area contributed by atoms with Crippen LogP contribution in [0.5, 0.6) is 0 Å². The molecule has 0 saturated carbocycles. The molecule has 0 fully saturated rings. The molecule has 3 aromatic rings. The van der Waals surface area contributed by atoms with Crippen molar-refractivity contribution in [3.8, 4) is 0 Å². The van der Waals surface area contributed by atoms with E-state index in [0.717, 1.165) is 4.47 Å². The number of rotatable bonds is 7. The minimum absolute atomic E-state index is 0.0821. The summed E-state index contributed by atoms with van der Waals surface area (Å²) in [6.07, 6.45) is 1.56. The maximum atomic E-state index is 12.2. The molecule has 0 spiro atoms. The van der Waals surface area contributed by atoms with E-state index in [2.05, 4.69) is 31.9 Å². The third-order valence-electron chi connectivity index (χ3n) is 3.73. The lowest BCUT2D eigenvalue weighted by molar-refractivity contribution is -0.114. The number of para-hydroxylation sites is 1. The Labute approximate surface area is 165 Å². The molecular formula is C20H18BrN3O3. The van der Waals surface area contributed by atoms with Crippen LogP contribution in [0.25, 0.3) is 0 Å². The zero-order valence-electron chi connectivity index (χ0n) is 14.4. The average molecular weight is 428 g/mol. The van der Waals surface area contributed by atoms with Crippen LogP contribution in [0.1, 0.15) is 16.1 Å². The minimum Gasteiger partial charge on any atom is -0.467 e. The summed E-state index contributed by atoms with van der Waals surface area (Å²) in [5.74, 6) is 0.281. The zero-order chi connectivity index (χ0) is 19.1. The van der Waals surface area contributed by atoms with Gasteiger partial charge in [-0.3, -0.25) is 9.59 Å². The highest BCUT2D eigenvalue weighted by Gasteiger charge is 2.08. The van der Waals surface area contributed by atoms with Crippen LogP contribution >= 0.6 is 15.9 Å². The van der Waals surface area contributed by atoms with E-state index in [0.29, 0.717) is 29.2 Å². The quantitative estimate of drug-likeness (QED) is 0.531. The van der Waals surface area contributed by atoms with E-state index in [-0.39, 0.29) is 18.4 Å². The van der Waals surface area contributed by atoms with E-state index in [4.69, 9.17) is 4.42 Å². The first-order chi connectivity index (χ1) is 13.1. The number of hydrogen-bond acceptors (Lipinski definition) is 4. The second kappa shape index (κ2) is 9.05. The molecule has 6 nitrogen and oxygen atoms in total. The van der Waals surface area contributed by atoms with Crippen LogP contribution in [-0.2, 0) is 11.3 Å². The van der Waals surface area contributed by atoms with Crippen LogP contribution in [0.2, 0.25) is 0 Å². The molecule has 3 rings (SSSR count). The number of halogens is 1. The van der Waals surface area contributed by atoms with Crippen LogP contribution in [0.4, 0.5) is 11.4 Å². The summed E-state index contributed by atoms with van der Waals surface area (Å²) < 4.78 is 6.00. The SMILES string of the molecule is O=C(CNc1cccc(C(=O)NCc2ccco2)c1)Nc1ccccc1Br. The molecule has 0 aliphatic carbocycles. The Morgan fingerprint density at radius 3 is 2.63 bits per heavy atom. The number of amides is 2. The van der Waals surface area contributed by atoms with E-state index in [1.165, 1.54) is 0 Å². The van der Waals surface area contributed by atoms with Gasteiger partial charge in [0.2, 0.25) is 5.91 Å². The summed E-state index contributed by atoms with van der Waals surface area (Å²) in [6, 6.07) is 17.9. The van der Waals surface area contributed by atoms with Gasteiger partial charge in [0, 0.05) is 15.7 Å². The topological polar surface area (TPSA) is 83.4 Å². The fourth-order valence-corrected chi connectivity index (χ4v) is 2.78. The van der Waals surface area contributed by atoms with E-state index in [1.807, 2.05) is 24.3 Å². The van der Waals surface area contributed by atoms with E-state index in [1.54, 1.807) is 42.7 Å². The third kappa shape index (κ3) is 5.46. The van der Waals surface area contributed by atoms with Gasteiger partial charge in [0.25, 0.3) is 5.91 Å². The first-order valence-corrected chi connectivity index (χ1v) is 9.10. The average Bonchev–Trinajstić information content (AvgIpc) is 3.20. The standard InChI is InChI=1S/C20H18BrN3O3/c21-17-8-1-2-9-18(17)24-19(25)13-22-15-6-3-5-14(11-15)20(26)23-12-16-7-4-10-27-16/h1-11,22H,12-13H2,(H,23,26)(H,24,25). The predicted molar refractivity (Wildman–Crippen MR) is 108 cm³/mol. The van der Waals surface area contributed by atoms with Crippen molar-refractivity contribution in [2.24, 2.45) is 0 Å². The Balaban J connectivity index is 1.53. The predicted octanol–water partition coefficient (Wildman–Crippen LogP) is 4.02. The molecular weight excluding hydrogens is 410 g/mol. The van der Waals surface area contributed by atoms with Crippen molar-refractivity contribution in [3.05, 3.63) is 82.7 Å². The summed E-state index contributed by atoms with van der Waals surface area (Å²) in [6.45, 7) is 0.399. The fourth-order valence-electron chi connectivity index (χ4n) is 2.39. The number of anilines is 2. The number of carbonyl (C=O) groups is 2. The monoisotopic (exact) mass is 427 g/mol. The molecule has 0 radical (unpaired) electrons. The molecule has 7 heteroatoms. The van der Waals surface area contributed by atoms with Crippen molar-refractivity contribution in [1.29, 1.82) is 0 Å². The van der Waals surface area contributed by atoms with E-state index >= 15 is 0 Å². The first-order valence-electron chi connectivity index (χ1n) is 8.31. The maximum Gasteiger partial charge on any atom is 0.251 e. The Morgan fingerprint density at radius 2 is 1.85 bits per heavy atom. The molecule has 0 atom stereocenters. The van der Waals surface area contributed by atoms with Gasteiger partial charge < -0.3 is 20.4 Å². The van der Waals surface area contributed by atoms with E-state index in [9.17, 15) is 9.59 Å². The Morgan fingerprint density at radius 1 is 1.00 bits per heavy atom.